The van der Waals surface area contributed by atoms with E-state index >= 15 is 0 Å². The number of carbonyl (C=O) groups excluding carboxylic acids is 1. The summed E-state index contributed by atoms with van der Waals surface area (Å²) in [5.74, 6) is -1.94. The number of carbonyl (C=O) groups is 1. The van der Waals surface area contributed by atoms with Gasteiger partial charge in [-0.2, -0.15) is 4.98 Å². The van der Waals surface area contributed by atoms with Gasteiger partial charge in [0, 0.05) is 11.3 Å². The van der Waals surface area contributed by atoms with Crippen LogP contribution in [0.3, 0.4) is 0 Å². The van der Waals surface area contributed by atoms with Gasteiger partial charge < -0.3 is 15.2 Å². The Morgan fingerprint density at radius 1 is 1.36 bits per heavy atom. The SMILES string of the molecule is Cc1noc(C(=O)Nc2ccc(F)c([C@]3(C)CS(=O)(=O)C(C)(C)C(=N)N3)c2)n1. The maximum atomic E-state index is 14.6. The number of aryl methyl sites for hydroxylation is 1. The van der Waals surface area contributed by atoms with Crippen LogP contribution in [-0.4, -0.2) is 40.8 Å². The number of nitrogens with zero attached hydrogens (tertiary/aromatic N) is 2. The van der Waals surface area contributed by atoms with E-state index in [2.05, 4.69) is 20.8 Å². The van der Waals surface area contributed by atoms with E-state index in [0.29, 0.717) is 0 Å². The minimum atomic E-state index is -3.73. The van der Waals surface area contributed by atoms with Gasteiger partial charge in [0.05, 0.1) is 11.3 Å². The smallest absolute Gasteiger partial charge is 0.316 e. The minimum Gasteiger partial charge on any atom is -0.362 e. The van der Waals surface area contributed by atoms with E-state index in [4.69, 9.17) is 9.93 Å². The topological polar surface area (TPSA) is 138 Å². The summed E-state index contributed by atoms with van der Waals surface area (Å²) in [6, 6.07) is 3.77. The van der Waals surface area contributed by atoms with Crippen LogP contribution in [0.2, 0.25) is 0 Å². The normalized spacial score (nSPS) is 23.1. The fourth-order valence-corrected chi connectivity index (χ4v) is 4.63. The largest absolute Gasteiger partial charge is 0.362 e. The molecule has 3 rings (SSSR count). The average molecular weight is 409 g/mol. The molecular weight excluding hydrogens is 389 g/mol. The lowest BCUT2D eigenvalue weighted by molar-refractivity contribution is 0.0981. The number of anilines is 1. The van der Waals surface area contributed by atoms with Crippen LogP contribution < -0.4 is 10.6 Å². The zero-order valence-electron chi connectivity index (χ0n) is 15.8. The van der Waals surface area contributed by atoms with Gasteiger partial charge in [0.15, 0.2) is 15.7 Å². The molecule has 2 heterocycles. The van der Waals surface area contributed by atoms with Crippen LogP contribution in [0.25, 0.3) is 0 Å². The third kappa shape index (κ3) is 3.26. The van der Waals surface area contributed by atoms with E-state index in [9.17, 15) is 17.6 Å². The molecular formula is C17H20FN5O4S. The van der Waals surface area contributed by atoms with E-state index in [1.807, 2.05) is 0 Å². The fraction of sp³-hybridized carbons (Fsp3) is 0.412. The van der Waals surface area contributed by atoms with Crippen molar-refractivity contribution in [3.8, 4) is 0 Å². The number of amides is 1. The average Bonchev–Trinajstić information content (AvgIpc) is 3.01. The van der Waals surface area contributed by atoms with E-state index in [-0.39, 0.29) is 28.8 Å². The summed E-state index contributed by atoms with van der Waals surface area (Å²) in [6.45, 7) is 5.91. The molecule has 0 bridgehead atoms. The van der Waals surface area contributed by atoms with E-state index in [1.165, 1.54) is 32.9 Å². The third-order valence-corrected chi connectivity index (χ3v) is 7.52. The number of nitrogens with one attached hydrogen (secondary N) is 3. The van der Waals surface area contributed by atoms with Crippen LogP contribution in [0.1, 0.15) is 42.8 Å². The minimum absolute atomic E-state index is 0.0100. The number of aromatic nitrogens is 2. The number of hydrogen-bond donors (Lipinski definition) is 3. The molecule has 150 valence electrons. The first-order valence-electron chi connectivity index (χ1n) is 8.37. The van der Waals surface area contributed by atoms with Crippen molar-refractivity contribution in [1.82, 2.24) is 15.5 Å². The van der Waals surface area contributed by atoms with Crippen molar-refractivity contribution in [2.45, 2.75) is 38.0 Å². The second-order valence-electron chi connectivity index (χ2n) is 7.40. The molecule has 3 N–H and O–H groups in total. The van der Waals surface area contributed by atoms with Crippen molar-refractivity contribution in [2.24, 2.45) is 0 Å². The van der Waals surface area contributed by atoms with Crippen molar-refractivity contribution < 1.29 is 22.1 Å². The van der Waals surface area contributed by atoms with Gasteiger partial charge >= 0.3 is 11.8 Å². The van der Waals surface area contributed by atoms with Gasteiger partial charge in [-0.25, -0.2) is 12.8 Å². The Morgan fingerprint density at radius 2 is 2.04 bits per heavy atom. The lowest BCUT2D eigenvalue weighted by Crippen LogP contribution is -2.64. The molecule has 1 aromatic carbocycles. The Bertz CT molecular complexity index is 1080. The van der Waals surface area contributed by atoms with Gasteiger partial charge in [0.2, 0.25) is 0 Å². The molecule has 0 radical (unpaired) electrons. The maximum absolute atomic E-state index is 14.6. The van der Waals surface area contributed by atoms with Crippen molar-refractivity contribution in [2.75, 3.05) is 11.1 Å². The van der Waals surface area contributed by atoms with E-state index in [1.54, 1.807) is 6.92 Å². The number of amidine groups is 1. The predicted molar refractivity (Wildman–Crippen MR) is 99.5 cm³/mol. The number of sulfone groups is 1. The number of benzene rings is 1. The number of halogens is 1. The van der Waals surface area contributed by atoms with Crippen LogP contribution in [0.4, 0.5) is 10.1 Å². The Morgan fingerprint density at radius 3 is 2.61 bits per heavy atom. The molecule has 1 atom stereocenters. The zero-order chi connectivity index (χ0) is 20.9. The summed E-state index contributed by atoms with van der Waals surface area (Å²) in [4.78, 5) is 16.0. The molecule has 9 nitrogen and oxygen atoms in total. The monoisotopic (exact) mass is 409 g/mol. The first kappa shape index (κ1) is 19.9. The molecule has 0 unspecified atom stereocenters. The van der Waals surface area contributed by atoms with Crippen molar-refractivity contribution in [3.05, 3.63) is 41.3 Å². The quantitative estimate of drug-likeness (QED) is 0.702. The highest BCUT2D eigenvalue weighted by atomic mass is 32.2. The molecule has 28 heavy (non-hydrogen) atoms. The highest BCUT2D eigenvalue weighted by Gasteiger charge is 2.51. The molecule has 11 heteroatoms. The fourth-order valence-electron chi connectivity index (χ4n) is 2.92. The molecule has 1 fully saturated rings. The Kier molecular flexibility index (Phi) is 4.53. The van der Waals surface area contributed by atoms with E-state index in [0.717, 1.165) is 6.07 Å². The summed E-state index contributed by atoms with van der Waals surface area (Å²) in [7, 11) is -3.73. The molecule has 2 aromatic rings. The van der Waals surface area contributed by atoms with Crippen molar-refractivity contribution in [3.63, 3.8) is 0 Å². The molecule has 1 aliphatic rings. The van der Waals surface area contributed by atoms with Crippen molar-refractivity contribution in [1.29, 1.82) is 5.41 Å². The van der Waals surface area contributed by atoms with Gasteiger partial charge in [-0.1, -0.05) is 5.16 Å². The van der Waals surface area contributed by atoms with Crippen LogP contribution >= 0.6 is 0 Å². The molecule has 1 aliphatic heterocycles. The first-order valence-corrected chi connectivity index (χ1v) is 10.0. The number of rotatable bonds is 3. The van der Waals surface area contributed by atoms with Crippen LogP contribution in [0.5, 0.6) is 0 Å². The molecule has 0 aliphatic carbocycles. The Hall–Kier alpha value is -2.82. The molecule has 1 saturated heterocycles. The molecule has 0 spiro atoms. The predicted octanol–water partition coefficient (Wildman–Crippen LogP) is 1.76. The Balaban J connectivity index is 1.95. The van der Waals surface area contributed by atoms with Crippen LogP contribution in [-0.2, 0) is 15.4 Å². The summed E-state index contributed by atoms with van der Waals surface area (Å²) in [6.07, 6.45) is 0. The lowest BCUT2D eigenvalue weighted by Gasteiger charge is -2.43. The zero-order valence-corrected chi connectivity index (χ0v) is 16.6. The van der Waals surface area contributed by atoms with Crippen LogP contribution in [0, 0.1) is 18.2 Å². The second-order valence-corrected chi connectivity index (χ2v) is 9.94. The summed E-state index contributed by atoms with van der Waals surface area (Å²) in [5.41, 5.74) is -1.15. The van der Waals surface area contributed by atoms with Crippen molar-refractivity contribution >= 4 is 27.3 Å². The summed E-state index contributed by atoms with van der Waals surface area (Å²) in [5, 5.41) is 17.0. The van der Waals surface area contributed by atoms with Gasteiger partial charge in [0.1, 0.15) is 16.4 Å². The van der Waals surface area contributed by atoms with Crippen LogP contribution in [0.15, 0.2) is 22.7 Å². The second kappa shape index (κ2) is 6.36. The molecule has 1 amide bonds. The van der Waals surface area contributed by atoms with Gasteiger partial charge in [0.25, 0.3) is 0 Å². The molecule has 0 saturated carbocycles. The van der Waals surface area contributed by atoms with Gasteiger partial charge in [-0.3, -0.25) is 10.2 Å². The summed E-state index contributed by atoms with van der Waals surface area (Å²) < 4.78 is 43.3. The standard InChI is InChI=1S/C17H20FN5O4S/c1-9-20-14(27-23-9)13(24)21-10-5-6-12(18)11(7-10)17(4)8-28(25,26)16(2,3)15(19)22-17/h5-7H,8H2,1-4H3,(H2,19,22)(H,21,24)/t17-/m0/s1. The number of hydrogen-bond acceptors (Lipinski definition) is 7. The highest BCUT2D eigenvalue weighted by molar-refractivity contribution is 7.93. The Labute approximate surface area is 161 Å². The van der Waals surface area contributed by atoms with E-state index < -0.39 is 37.6 Å². The highest BCUT2D eigenvalue weighted by Crippen LogP contribution is 2.36. The third-order valence-electron chi connectivity index (χ3n) is 4.80. The first-order chi connectivity index (χ1) is 12.9. The lowest BCUT2D eigenvalue weighted by atomic mass is 9.91. The summed E-state index contributed by atoms with van der Waals surface area (Å²) >= 11 is 0. The molecule has 1 aromatic heterocycles. The van der Waals surface area contributed by atoms with Gasteiger partial charge in [-0.15, -0.1) is 0 Å². The maximum Gasteiger partial charge on any atom is 0.316 e. The van der Waals surface area contributed by atoms with Gasteiger partial charge in [-0.05, 0) is 45.9 Å².